The predicted molar refractivity (Wildman–Crippen MR) is 60.8 cm³/mol. The van der Waals surface area contributed by atoms with Gasteiger partial charge in [-0.3, -0.25) is 0 Å². The third-order valence-electron chi connectivity index (χ3n) is 1.93. The monoisotopic (exact) mass is 272 g/mol. The van der Waals surface area contributed by atoms with Crippen molar-refractivity contribution in [3.63, 3.8) is 0 Å². The van der Waals surface area contributed by atoms with Gasteiger partial charge in [0.15, 0.2) is 0 Å². The molecule has 0 radical (unpaired) electrons. The summed E-state index contributed by atoms with van der Waals surface area (Å²) >= 11 is 3.40. The third kappa shape index (κ3) is 3.32. The van der Waals surface area contributed by atoms with Crippen LogP contribution >= 0.6 is 15.9 Å². The number of methoxy groups -OCH3 is 1. The average Bonchev–Trinajstić information content (AvgIpc) is 2.27. The molecule has 82 valence electrons. The summed E-state index contributed by atoms with van der Waals surface area (Å²) in [4.78, 5) is 11.3. The Morgan fingerprint density at radius 2 is 2.20 bits per heavy atom. The van der Waals surface area contributed by atoms with Crippen LogP contribution in [-0.4, -0.2) is 19.7 Å². The van der Waals surface area contributed by atoms with Crippen LogP contribution < -0.4 is 0 Å². The van der Waals surface area contributed by atoms with Gasteiger partial charge in [0.2, 0.25) is 0 Å². The number of esters is 1. The van der Waals surface area contributed by atoms with Crippen molar-refractivity contribution in [1.82, 2.24) is 0 Å². The summed E-state index contributed by atoms with van der Waals surface area (Å²) < 4.78 is 10.9. The van der Waals surface area contributed by atoms with Crippen molar-refractivity contribution in [2.45, 2.75) is 13.5 Å². The number of benzene rings is 1. The molecule has 1 aromatic carbocycles. The topological polar surface area (TPSA) is 35.5 Å². The number of hydrogen-bond acceptors (Lipinski definition) is 3. The van der Waals surface area contributed by atoms with Crippen molar-refractivity contribution < 1.29 is 14.3 Å². The van der Waals surface area contributed by atoms with Crippen LogP contribution in [0.1, 0.15) is 22.8 Å². The molecule has 0 N–H and O–H groups in total. The van der Waals surface area contributed by atoms with E-state index in [1.807, 2.05) is 13.0 Å². The van der Waals surface area contributed by atoms with Gasteiger partial charge in [-0.15, -0.1) is 0 Å². The van der Waals surface area contributed by atoms with E-state index >= 15 is 0 Å². The molecule has 0 aliphatic rings. The van der Waals surface area contributed by atoms with Gasteiger partial charge in [-0.05, 0) is 30.7 Å². The SMILES string of the molecule is CCOCc1cc(C(=O)OC)ccc1Br. The van der Waals surface area contributed by atoms with E-state index in [0.717, 1.165) is 10.0 Å². The van der Waals surface area contributed by atoms with Crippen LogP contribution in [0.2, 0.25) is 0 Å². The van der Waals surface area contributed by atoms with E-state index in [4.69, 9.17) is 4.74 Å². The van der Waals surface area contributed by atoms with E-state index in [1.54, 1.807) is 12.1 Å². The maximum atomic E-state index is 11.3. The summed E-state index contributed by atoms with van der Waals surface area (Å²) in [5.74, 6) is -0.333. The van der Waals surface area contributed by atoms with Crippen molar-refractivity contribution in [3.05, 3.63) is 33.8 Å². The van der Waals surface area contributed by atoms with Gasteiger partial charge in [-0.2, -0.15) is 0 Å². The maximum absolute atomic E-state index is 11.3. The summed E-state index contributed by atoms with van der Waals surface area (Å²) in [7, 11) is 1.37. The van der Waals surface area contributed by atoms with Crippen LogP contribution in [0, 0.1) is 0 Å². The lowest BCUT2D eigenvalue weighted by atomic mass is 10.1. The molecule has 0 amide bonds. The molecule has 0 heterocycles. The molecule has 0 aliphatic heterocycles. The smallest absolute Gasteiger partial charge is 0.337 e. The van der Waals surface area contributed by atoms with Crippen LogP contribution in [0.5, 0.6) is 0 Å². The fourth-order valence-corrected chi connectivity index (χ4v) is 1.50. The Hall–Kier alpha value is -0.870. The van der Waals surface area contributed by atoms with Crippen molar-refractivity contribution in [1.29, 1.82) is 0 Å². The molecular formula is C11H13BrO3. The second-order valence-electron chi connectivity index (χ2n) is 2.93. The second-order valence-corrected chi connectivity index (χ2v) is 3.79. The molecule has 0 saturated heterocycles. The maximum Gasteiger partial charge on any atom is 0.337 e. The standard InChI is InChI=1S/C11H13BrO3/c1-3-15-7-9-6-8(11(13)14-2)4-5-10(9)12/h4-6H,3,7H2,1-2H3. The average molecular weight is 273 g/mol. The van der Waals surface area contributed by atoms with E-state index < -0.39 is 0 Å². The van der Waals surface area contributed by atoms with Crippen LogP contribution in [0.4, 0.5) is 0 Å². The summed E-state index contributed by atoms with van der Waals surface area (Å²) in [6.45, 7) is 3.06. The van der Waals surface area contributed by atoms with Crippen LogP contribution in [0.25, 0.3) is 0 Å². The summed E-state index contributed by atoms with van der Waals surface area (Å²) in [5.41, 5.74) is 1.48. The molecule has 15 heavy (non-hydrogen) atoms. The van der Waals surface area contributed by atoms with Gasteiger partial charge in [-0.25, -0.2) is 4.79 Å². The quantitative estimate of drug-likeness (QED) is 0.791. The Labute approximate surface area is 97.5 Å². The normalized spacial score (nSPS) is 10.1. The number of carbonyl (C=O) groups is 1. The summed E-state index contributed by atoms with van der Waals surface area (Å²) in [5, 5.41) is 0. The Morgan fingerprint density at radius 3 is 2.80 bits per heavy atom. The first kappa shape index (κ1) is 12.2. The number of ether oxygens (including phenoxy) is 2. The van der Waals surface area contributed by atoms with Crippen molar-refractivity contribution >= 4 is 21.9 Å². The zero-order chi connectivity index (χ0) is 11.3. The van der Waals surface area contributed by atoms with Gasteiger partial charge in [0.1, 0.15) is 0 Å². The van der Waals surface area contributed by atoms with E-state index in [0.29, 0.717) is 18.8 Å². The largest absolute Gasteiger partial charge is 0.465 e. The zero-order valence-electron chi connectivity index (χ0n) is 8.75. The van der Waals surface area contributed by atoms with E-state index in [2.05, 4.69) is 20.7 Å². The summed E-state index contributed by atoms with van der Waals surface area (Å²) in [6, 6.07) is 5.30. The lowest BCUT2D eigenvalue weighted by molar-refractivity contribution is 0.0600. The van der Waals surface area contributed by atoms with Gasteiger partial charge in [-0.1, -0.05) is 15.9 Å². The third-order valence-corrected chi connectivity index (χ3v) is 2.70. The first-order valence-electron chi connectivity index (χ1n) is 4.63. The van der Waals surface area contributed by atoms with Gasteiger partial charge in [0, 0.05) is 11.1 Å². The predicted octanol–water partition coefficient (Wildman–Crippen LogP) is 2.77. The van der Waals surface area contributed by atoms with Gasteiger partial charge >= 0.3 is 5.97 Å². The van der Waals surface area contributed by atoms with Crippen molar-refractivity contribution in [3.8, 4) is 0 Å². The van der Waals surface area contributed by atoms with Gasteiger partial charge in [0.05, 0.1) is 19.3 Å². The molecule has 3 nitrogen and oxygen atoms in total. The molecule has 0 fully saturated rings. The highest BCUT2D eigenvalue weighted by atomic mass is 79.9. The second kappa shape index (κ2) is 5.88. The molecule has 0 aliphatic carbocycles. The lowest BCUT2D eigenvalue weighted by Gasteiger charge is -2.06. The van der Waals surface area contributed by atoms with Gasteiger partial charge < -0.3 is 9.47 Å². The first-order chi connectivity index (χ1) is 7.19. The highest BCUT2D eigenvalue weighted by molar-refractivity contribution is 9.10. The highest BCUT2D eigenvalue weighted by Crippen LogP contribution is 2.19. The van der Waals surface area contributed by atoms with Crippen molar-refractivity contribution in [2.24, 2.45) is 0 Å². The minimum Gasteiger partial charge on any atom is -0.465 e. The Balaban J connectivity index is 2.89. The van der Waals surface area contributed by atoms with E-state index in [-0.39, 0.29) is 5.97 Å². The molecule has 0 aromatic heterocycles. The zero-order valence-corrected chi connectivity index (χ0v) is 10.3. The molecule has 1 aromatic rings. The minimum atomic E-state index is -0.333. The van der Waals surface area contributed by atoms with E-state index in [1.165, 1.54) is 7.11 Å². The molecule has 0 bridgehead atoms. The Kier molecular flexibility index (Phi) is 4.78. The summed E-state index contributed by atoms with van der Waals surface area (Å²) in [6.07, 6.45) is 0. The molecule has 1 rings (SSSR count). The fourth-order valence-electron chi connectivity index (χ4n) is 1.14. The molecule has 0 spiro atoms. The van der Waals surface area contributed by atoms with Crippen LogP contribution in [-0.2, 0) is 16.1 Å². The molecule has 0 saturated carbocycles. The van der Waals surface area contributed by atoms with Gasteiger partial charge in [0.25, 0.3) is 0 Å². The molecule has 4 heteroatoms. The Morgan fingerprint density at radius 1 is 1.47 bits per heavy atom. The van der Waals surface area contributed by atoms with Crippen molar-refractivity contribution in [2.75, 3.05) is 13.7 Å². The number of halogens is 1. The number of hydrogen-bond donors (Lipinski definition) is 0. The molecule has 0 unspecified atom stereocenters. The number of carbonyl (C=O) groups excluding carboxylic acids is 1. The number of rotatable bonds is 4. The van der Waals surface area contributed by atoms with Crippen LogP contribution in [0.3, 0.4) is 0 Å². The van der Waals surface area contributed by atoms with Crippen LogP contribution in [0.15, 0.2) is 22.7 Å². The Bertz CT molecular complexity index is 350. The highest BCUT2D eigenvalue weighted by Gasteiger charge is 2.08. The molecular weight excluding hydrogens is 260 g/mol. The lowest BCUT2D eigenvalue weighted by Crippen LogP contribution is -2.03. The van der Waals surface area contributed by atoms with E-state index in [9.17, 15) is 4.79 Å². The first-order valence-corrected chi connectivity index (χ1v) is 5.42. The minimum absolute atomic E-state index is 0.333. The molecule has 0 atom stereocenters. The fraction of sp³-hybridized carbons (Fsp3) is 0.364.